The fourth-order valence-corrected chi connectivity index (χ4v) is 5.73. The van der Waals surface area contributed by atoms with E-state index in [2.05, 4.69) is 21.8 Å². The third kappa shape index (κ3) is 8.69. The molecule has 0 saturated carbocycles. The second kappa shape index (κ2) is 15.8. The number of carbonyl (C=O) groups is 1. The van der Waals surface area contributed by atoms with Crippen molar-refractivity contribution in [3.63, 3.8) is 0 Å². The number of nitrogens with zero attached hydrogens (tertiary/aromatic N) is 3. The van der Waals surface area contributed by atoms with Crippen molar-refractivity contribution in [1.82, 2.24) is 14.9 Å². The standard InChI is InChI=1S/C17H12Cl2N2O.C16H21Cl2NO2/c18-14-7-5-12(6-8-14)17(22,13-9-20-11-21-10-13)15-3-1-2-4-16(15)19;1-12-5-2-3-8-19(12)9-4-10-21-16(20)13-6-7-14(17)15(18)11-13/h1-11,22H;6-7,11-12H,2-5,8-10H2,1H3. The van der Waals surface area contributed by atoms with Crippen molar-refractivity contribution in [2.45, 2.75) is 44.2 Å². The first-order valence-corrected chi connectivity index (χ1v) is 15.6. The lowest BCUT2D eigenvalue weighted by atomic mass is 9.81. The highest BCUT2D eigenvalue weighted by atomic mass is 35.5. The first kappa shape index (κ1) is 33.2. The van der Waals surface area contributed by atoms with E-state index < -0.39 is 5.60 Å². The fraction of sp³-hybridized carbons (Fsp3) is 0.303. The van der Waals surface area contributed by atoms with Gasteiger partial charge in [0.2, 0.25) is 0 Å². The van der Waals surface area contributed by atoms with Gasteiger partial charge in [0.25, 0.3) is 0 Å². The highest BCUT2D eigenvalue weighted by molar-refractivity contribution is 6.42. The summed E-state index contributed by atoms with van der Waals surface area (Å²) in [6.45, 7) is 4.83. The maximum absolute atomic E-state index is 11.9. The number of benzene rings is 3. The van der Waals surface area contributed by atoms with Crippen LogP contribution < -0.4 is 0 Å². The number of hydrogen-bond acceptors (Lipinski definition) is 6. The average Bonchev–Trinajstić information content (AvgIpc) is 3.02. The van der Waals surface area contributed by atoms with Crippen molar-refractivity contribution in [3.05, 3.63) is 128 Å². The van der Waals surface area contributed by atoms with E-state index in [0.29, 0.717) is 55.0 Å². The topological polar surface area (TPSA) is 75.5 Å². The number of aromatic nitrogens is 2. The van der Waals surface area contributed by atoms with E-state index in [-0.39, 0.29) is 5.97 Å². The van der Waals surface area contributed by atoms with Crippen LogP contribution in [0, 0.1) is 0 Å². The monoisotopic (exact) mass is 659 g/mol. The molecule has 1 N–H and O–H groups in total. The van der Waals surface area contributed by atoms with Gasteiger partial charge < -0.3 is 14.7 Å². The van der Waals surface area contributed by atoms with Crippen LogP contribution in [0.3, 0.4) is 0 Å². The minimum absolute atomic E-state index is 0.347. The van der Waals surface area contributed by atoms with Crippen LogP contribution in [0.4, 0.5) is 0 Å². The molecule has 2 heterocycles. The molecular formula is C33H33Cl4N3O3. The van der Waals surface area contributed by atoms with E-state index in [0.717, 1.165) is 19.5 Å². The Morgan fingerprint density at radius 1 is 0.930 bits per heavy atom. The molecule has 0 bridgehead atoms. The summed E-state index contributed by atoms with van der Waals surface area (Å²) in [6.07, 6.45) is 9.28. The predicted octanol–water partition coefficient (Wildman–Crippen LogP) is 8.48. The lowest BCUT2D eigenvalue weighted by Gasteiger charge is -2.33. The second-order valence-electron chi connectivity index (χ2n) is 10.3. The van der Waals surface area contributed by atoms with Gasteiger partial charge >= 0.3 is 5.97 Å². The largest absolute Gasteiger partial charge is 0.462 e. The molecule has 10 heteroatoms. The van der Waals surface area contributed by atoms with Crippen LogP contribution in [0.15, 0.2) is 85.5 Å². The molecule has 4 aromatic rings. The number of ether oxygens (including phenoxy) is 1. The minimum atomic E-state index is -1.45. The van der Waals surface area contributed by atoms with Crippen molar-refractivity contribution in [2.75, 3.05) is 19.7 Å². The maximum Gasteiger partial charge on any atom is 0.338 e. The molecule has 1 fully saturated rings. The molecule has 2 unspecified atom stereocenters. The Balaban J connectivity index is 0.000000197. The summed E-state index contributed by atoms with van der Waals surface area (Å²) in [5, 5.41) is 13.3. The van der Waals surface area contributed by atoms with Crippen molar-refractivity contribution < 1.29 is 14.6 Å². The predicted molar refractivity (Wildman–Crippen MR) is 173 cm³/mol. The van der Waals surface area contributed by atoms with E-state index in [1.807, 2.05) is 12.1 Å². The first-order valence-electron chi connectivity index (χ1n) is 14.0. The molecule has 226 valence electrons. The molecule has 3 aromatic carbocycles. The summed E-state index contributed by atoms with van der Waals surface area (Å²) in [4.78, 5) is 22.4. The van der Waals surface area contributed by atoms with Crippen LogP contribution in [-0.4, -0.2) is 51.7 Å². The van der Waals surface area contributed by atoms with E-state index in [1.165, 1.54) is 25.6 Å². The van der Waals surface area contributed by atoms with Gasteiger partial charge in [-0.1, -0.05) is 83.2 Å². The van der Waals surface area contributed by atoms with Crippen molar-refractivity contribution in [1.29, 1.82) is 0 Å². The Labute approximate surface area is 272 Å². The van der Waals surface area contributed by atoms with Crippen molar-refractivity contribution in [2.24, 2.45) is 0 Å². The molecule has 1 saturated heterocycles. The zero-order chi connectivity index (χ0) is 30.8. The highest BCUT2D eigenvalue weighted by Gasteiger charge is 2.36. The number of hydrogen-bond donors (Lipinski definition) is 1. The number of likely N-dealkylation sites (tertiary alicyclic amines) is 1. The van der Waals surface area contributed by atoms with Gasteiger partial charge in [0.05, 0.1) is 22.2 Å². The molecular weight excluding hydrogens is 628 g/mol. The van der Waals surface area contributed by atoms with Gasteiger partial charge in [-0.15, -0.1) is 0 Å². The van der Waals surface area contributed by atoms with Crippen LogP contribution in [0.25, 0.3) is 0 Å². The Morgan fingerprint density at radius 2 is 1.65 bits per heavy atom. The second-order valence-corrected chi connectivity index (χ2v) is 12.0. The Bertz CT molecular complexity index is 1490. The number of halogens is 4. The molecule has 0 amide bonds. The average molecular weight is 661 g/mol. The molecule has 0 radical (unpaired) electrons. The van der Waals surface area contributed by atoms with E-state index in [9.17, 15) is 9.90 Å². The molecule has 0 aliphatic carbocycles. The molecule has 6 nitrogen and oxygen atoms in total. The summed E-state index contributed by atoms with van der Waals surface area (Å²) in [5.74, 6) is -0.347. The van der Waals surface area contributed by atoms with E-state index in [1.54, 1.807) is 67.0 Å². The quantitative estimate of drug-likeness (QED) is 0.151. The number of esters is 1. The van der Waals surface area contributed by atoms with Crippen molar-refractivity contribution >= 4 is 52.4 Å². The Hall–Kier alpha value is -2.71. The van der Waals surface area contributed by atoms with Gasteiger partial charge in [0.1, 0.15) is 11.9 Å². The third-order valence-electron chi connectivity index (χ3n) is 7.42. The number of rotatable bonds is 8. The summed E-state index contributed by atoms with van der Waals surface area (Å²) < 4.78 is 5.28. The summed E-state index contributed by atoms with van der Waals surface area (Å²) >= 11 is 24.0. The zero-order valence-electron chi connectivity index (χ0n) is 23.7. The zero-order valence-corrected chi connectivity index (χ0v) is 26.8. The van der Waals surface area contributed by atoms with Gasteiger partial charge in [-0.05, 0) is 74.7 Å². The fourth-order valence-electron chi connectivity index (χ4n) is 5.04. The molecule has 1 aromatic heterocycles. The normalized spacial score (nSPS) is 16.5. The van der Waals surface area contributed by atoms with Gasteiger partial charge in [-0.3, -0.25) is 0 Å². The number of piperidine rings is 1. The third-order valence-corrected chi connectivity index (χ3v) is 8.74. The SMILES string of the molecule is CC1CCCCN1CCCOC(=O)c1ccc(Cl)c(Cl)c1.OC(c1ccc(Cl)cc1)(c1cncnc1)c1ccccc1Cl. The summed E-state index contributed by atoms with van der Waals surface area (Å²) in [6, 6.07) is 19.6. The Kier molecular flexibility index (Phi) is 12.2. The van der Waals surface area contributed by atoms with E-state index in [4.69, 9.17) is 51.1 Å². The van der Waals surface area contributed by atoms with Gasteiger partial charge in [0.15, 0.2) is 0 Å². The van der Waals surface area contributed by atoms with Crippen LogP contribution >= 0.6 is 46.4 Å². The molecule has 2 atom stereocenters. The lowest BCUT2D eigenvalue weighted by molar-refractivity contribution is 0.0475. The van der Waals surface area contributed by atoms with Gasteiger partial charge in [-0.25, -0.2) is 14.8 Å². The molecule has 43 heavy (non-hydrogen) atoms. The van der Waals surface area contributed by atoms with Gasteiger partial charge in [0, 0.05) is 46.2 Å². The molecule has 1 aliphatic rings. The highest BCUT2D eigenvalue weighted by Crippen LogP contribution is 2.39. The van der Waals surface area contributed by atoms with Crippen molar-refractivity contribution in [3.8, 4) is 0 Å². The van der Waals surface area contributed by atoms with Crippen LogP contribution in [0.2, 0.25) is 20.1 Å². The van der Waals surface area contributed by atoms with Gasteiger partial charge in [-0.2, -0.15) is 0 Å². The van der Waals surface area contributed by atoms with Crippen LogP contribution in [0.1, 0.15) is 59.7 Å². The number of aliphatic hydroxyl groups is 1. The van der Waals surface area contributed by atoms with E-state index >= 15 is 0 Å². The smallest absolute Gasteiger partial charge is 0.338 e. The van der Waals surface area contributed by atoms with Crippen LogP contribution in [0.5, 0.6) is 0 Å². The first-order chi connectivity index (χ1) is 20.7. The number of carbonyl (C=O) groups excluding carboxylic acids is 1. The molecule has 5 rings (SSSR count). The summed E-state index contributed by atoms with van der Waals surface area (Å²) in [5.41, 5.74) is 0.722. The minimum Gasteiger partial charge on any atom is -0.462 e. The molecule has 1 aliphatic heterocycles. The van der Waals surface area contributed by atoms with Crippen LogP contribution in [-0.2, 0) is 10.3 Å². The Morgan fingerprint density at radius 3 is 2.33 bits per heavy atom. The molecule has 0 spiro atoms. The maximum atomic E-state index is 11.9. The summed E-state index contributed by atoms with van der Waals surface area (Å²) in [7, 11) is 0. The lowest BCUT2D eigenvalue weighted by Crippen LogP contribution is -2.38.